The SMILES string of the molecule is CC(C)(C)C(=O)/C=C(\[O-])C(=O)N1CCCCC1.CC(C)(C)C(=O)/C=C(\[O-])C(=O)N1CCCCC1.CC(C)(C)C(=O)/C=C(\[O-])C(=O)N1CCCCC1.[Fe+3]. The van der Waals surface area contributed by atoms with Gasteiger partial charge in [0.2, 0.25) is 17.7 Å². The summed E-state index contributed by atoms with van der Waals surface area (Å²) in [7, 11) is 0. The first-order chi connectivity index (χ1) is 23.5. The second-order valence-electron chi connectivity index (χ2n) is 16.4. The van der Waals surface area contributed by atoms with Crippen LogP contribution in [0.2, 0.25) is 0 Å². The zero-order chi connectivity index (χ0) is 39.2. The van der Waals surface area contributed by atoms with Crippen LogP contribution in [0, 0.1) is 16.2 Å². The first-order valence-electron chi connectivity index (χ1n) is 18.1. The largest absolute Gasteiger partial charge is 3.00 e. The minimum Gasteiger partial charge on any atom is -0.869 e. The van der Waals surface area contributed by atoms with Gasteiger partial charge in [-0.15, -0.1) is 0 Å². The summed E-state index contributed by atoms with van der Waals surface area (Å²) in [5, 5.41) is 34.9. The molecule has 0 bridgehead atoms. The molecule has 52 heavy (non-hydrogen) atoms. The molecule has 12 nitrogen and oxygen atoms in total. The molecule has 0 unspecified atom stereocenters. The molecule has 3 saturated heterocycles. The van der Waals surface area contributed by atoms with Crippen molar-refractivity contribution in [3.63, 3.8) is 0 Å². The van der Waals surface area contributed by atoms with E-state index in [2.05, 4.69) is 0 Å². The molecule has 3 heterocycles. The van der Waals surface area contributed by atoms with Crippen molar-refractivity contribution in [2.24, 2.45) is 16.2 Å². The van der Waals surface area contributed by atoms with Gasteiger partial charge < -0.3 is 30.0 Å². The van der Waals surface area contributed by atoms with Crippen LogP contribution in [0.15, 0.2) is 35.5 Å². The summed E-state index contributed by atoms with van der Waals surface area (Å²) in [4.78, 5) is 74.7. The predicted molar refractivity (Wildman–Crippen MR) is 189 cm³/mol. The van der Waals surface area contributed by atoms with Crippen molar-refractivity contribution in [2.45, 2.75) is 120 Å². The molecule has 3 amide bonds. The van der Waals surface area contributed by atoms with E-state index in [4.69, 9.17) is 0 Å². The van der Waals surface area contributed by atoms with Gasteiger partial charge in [0, 0.05) is 55.5 Å². The van der Waals surface area contributed by atoms with Gasteiger partial charge in [0.05, 0.1) is 0 Å². The van der Waals surface area contributed by atoms with Gasteiger partial charge in [0.25, 0.3) is 0 Å². The van der Waals surface area contributed by atoms with Crippen LogP contribution in [0.3, 0.4) is 0 Å². The fourth-order valence-electron chi connectivity index (χ4n) is 4.95. The number of allylic oxidation sites excluding steroid dienone is 3. The van der Waals surface area contributed by atoms with Gasteiger partial charge in [-0.2, -0.15) is 0 Å². The van der Waals surface area contributed by atoms with E-state index in [1.165, 1.54) is 14.7 Å². The molecule has 0 aromatic rings. The Morgan fingerprint density at radius 1 is 0.385 bits per heavy atom. The number of rotatable bonds is 6. The van der Waals surface area contributed by atoms with Crippen LogP contribution < -0.4 is 15.3 Å². The predicted octanol–water partition coefficient (Wildman–Crippen LogP) is 2.57. The molecule has 13 heteroatoms. The average Bonchev–Trinajstić information content (AvgIpc) is 3.07. The van der Waals surface area contributed by atoms with Gasteiger partial charge in [0.1, 0.15) is 0 Å². The number of likely N-dealkylation sites (tertiary alicyclic amines) is 3. The Morgan fingerprint density at radius 2 is 0.558 bits per heavy atom. The summed E-state index contributed by atoms with van der Waals surface area (Å²) in [6.07, 6.45) is 11.7. The zero-order valence-electron chi connectivity index (χ0n) is 32.7. The van der Waals surface area contributed by atoms with Gasteiger partial charge in [-0.05, 0) is 93.3 Å². The Balaban J connectivity index is 0.000000743. The van der Waals surface area contributed by atoms with E-state index >= 15 is 0 Å². The van der Waals surface area contributed by atoms with Crippen molar-refractivity contribution in [1.82, 2.24) is 14.7 Å². The Hall–Kier alpha value is -3.44. The summed E-state index contributed by atoms with van der Waals surface area (Å²) in [6, 6.07) is 0. The van der Waals surface area contributed by atoms with E-state index in [1.54, 1.807) is 62.3 Å². The molecule has 0 aromatic carbocycles. The number of hydrogen-bond donors (Lipinski definition) is 0. The quantitative estimate of drug-likeness (QED) is 0.223. The molecule has 0 atom stereocenters. The fraction of sp³-hybridized carbons (Fsp3) is 0.692. The van der Waals surface area contributed by atoms with Crippen molar-refractivity contribution in [1.29, 1.82) is 0 Å². The van der Waals surface area contributed by atoms with Crippen molar-refractivity contribution >= 4 is 35.1 Å². The number of piperidine rings is 3. The van der Waals surface area contributed by atoms with Crippen molar-refractivity contribution < 1.29 is 61.2 Å². The number of amides is 3. The summed E-state index contributed by atoms with van der Waals surface area (Å²) in [5.41, 5.74) is -1.84. The molecule has 293 valence electrons. The minimum atomic E-state index is -0.688. The third-order valence-electron chi connectivity index (χ3n) is 8.57. The Bertz CT molecular complexity index is 1170. The van der Waals surface area contributed by atoms with Crippen LogP contribution in [0.5, 0.6) is 0 Å². The number of carbonyl (C=O) groups excluding carboxylic acids is 6. The Morgan fingerprint density at radius 3 is 0.712 bits per heavy atom. The van der Waals surface area contributed by atoms with Gasteiger partial charge in [0.15, 0.2) is 17.3 Å². The summed E-state index contributed by atoms with van der Waals surface area (Å²) >= 11 is 0. The van der Waals surface area contributed by atoms with Crippen LogP contribution >= 0.6 is 0 Å². The van der Waals surface area contributed by atoms with E-state index in [-0.39, 0.29) is 34.4 Å². The van der Waals surface area contributed by atoms with E-state index < -0.39 is 51.2 Å². The zero-order valence-corrected chi connectivity index (χ0v) is 33.8. The van der Waals surface area contributed by atoms with Crippen LogP contribution in [0.4, 0.5) is 0 Å². The third-order valence-corrected chi connectivity index (χ3v) is 8.57. The summed E-state index contributed by atoms with van der Waals surface area (Å²) in [5.74, 6) is -4.58. The molecule has 3 aliphatic rings. The smallest absolute Gasteiger partial charge is 0.869 e. The van der Waals surface area contributed by atoms with Gasteiger partial charge >= 0.3 is 17.1 Å². The first-order valence-corrected chi connectivity index (χ1v) is 18.1. The first kappa shape index (κ1) is 48.6. The van der Waals surface area contributed by atoms with Crippen LogP contribution in [-0.2, 0) is 45.8 Å². The molecular weight excluding hydrogens is 710 g/mol. The van der Waals surface area contributed by atoms with Crippen LogP contribution in [0.1, 0.15) is 120 Å². The second kappa shape index (κ2) is 21.9. The molecule has 0 spiro atoms. The topological polar surface area (TPSA) is 181 Å². The van der Waals surface area contributed by atoms with Gasteiger partial charge in [-0.1, -0.05) is 62.3 Å². The summed E-state index contributed by atoms with van der Waals surface area (Å²) in [6.45, 7) is 19.3. The molecule has 0 aliphatic carbocycles. The normalized spacial score (nSPS) is 17.7. The molecule has 0 aromatic heterocycles. The maximum absolute atomic E-state index is 11.8. The molecule has 0 N–H and O–H groups in total. The fourth-order valence-corrected chi connectivity index (χ4v) is 4.95. The van der Waals surface area contributed by atoms with E-state index in [1.807, 2.05) is 0 Å². The second-order valence-corrected chi connectivity index (χ2v) is 16.4. The number of nitrogens with zero attached hydrogens (tertiary/aromatic N) is 3. The van der Waals surface area contributed by atoms with Gasteiger partial charge in [-0.25, -0.2) is 0 Å². The number of hydrogen-bond acceptors (Lipinski definition) is 9. The van der Waals surface area contributed by atoms with Crippen molar-refractivity contribution in [3.05, 3.63) is 35.5 Å². The molecule has 0 saturated carbocycles. The molecule has 3 fully saturated rings. The van der Waals surface area contributed by atoms with Crippen LogP contribution in [0.25, 0.3) is 0 Å². The van der Waals surface area contributed by atoms with E-state index in [0.717, 1.165) is 76.0 Å². The van der Waals surface area contributed by atoms with Gasteiger partial charge in [-0.3, -0.25) is 28.8 Å². The maximum atomic E-state index is 11.8. The number of ketones is 3. The van der Waals surface area contributed by atoms with Crippen molar-refractivity contribution in [2.75, 3.05) is 39.3 Å². The van der Waals surface area contributed by atoms with E-state index in [9.17, 15) is 44.1 Å². The Kier molecular flexibility index (Phi) is 20.5. The minimum absolute atomic E-state index is 0. The van der Waals surface area contributed by atoms with E-state index in [0.29, 0.717) is 39.3 Å². The standard InChI is InChI=1S/3C13H21NO3.Fe/c3*1-13(2,3)11(16)9-10(15)12(17)14-7-5-4-6-8-14;/h3*9,15H,4-8H2,1-3H3;/q;;;+3/p-3/b3*10-9-;. The summed E-state index contributed by atoms with van der Waals surface area (Å²) < 4.78 is 0. The molecule has 3 rings (SSSR count). The third kappa shape index (κ3) is 17.4. The Labute approximate surface area is 321 Å². The average molecular weight is 771 g/mol. The molecular formula is C39H60FeN3O9. The van der Waals surface area contributed by atoms with Crippen LogP contribution in [-0.4, -0.2) is 89.0 Å². The molecule has 1 radical (unpaired) electrons. The monoisotopic (exact) mass is 770 g/mol. The maximum Gasteiger partial charge on any atom is 3.00 e. The van der Waals surface area contributed by atoms with Crippen molar-refractivity contribution in [3.8, 4) is 0 Å². The number of carbonyl (C=O) groups is 6. The molecule has 3 aliphatic heterocycles.